The SMILES string of the molecule is CC.CC.Cc1cccc(N(C)C)c1N(C)C=O. The van der Waals surface area contributed by atoms with Gasteiger partial charge in [-0.15, -0.1) is 0 Å². The van der Waals surface area contributed by atoms with Crippen LogP contribution in [0.5, 0.6) is 0 Å². The summed E-state index contributed by atoms with van der Waals surface area (Å²) in [6, 6.07) is 6.00. The molecule has 0 fully saturated rings. The lowest BCUT2D eigenvalue weighted by atomic mass is 10.1. The van der Waals surface area contributed by atoms with Crippen molar-refractivity contribution in [3.63, 3.8) is 0 Å². The number of rotatable bonds is 3. The van der Waals surface area contributed by atoms with Gasteiger partial charge in [0.05, 0.1) is 11.4 Å². The molecule has 1 rings (SSSR count). The van der Waals surface area contributed by atoms with Gasteiger partial charge in [0.25, 0.3) is 0 Å². The summed E-state index contributed by atoms with van der Waals surface area (Å²) in [5.74, 6) is 0. The number of hydrogen-bond donors (Lipinski definition) is 0. The number of carbonyl (C=O) groups is 1. The molecule has 104 valence electrons. The molecule has 0 heterocycles. The van der Waals surface area contributed by atoms with Crippen molar-refractivity contribution < 1.29 is 4.79 Å². The number of hydrogen-bond acceptors (Lipinski definition) is 2. The molecule has 1 amide bonds. The third-order valence-electron chi connectivity index (χ3n) is 2.21. The molecule has 3 heteroatoms. The molecule has 18 heavy (non-hydrogen) atoms. The van der Waals surface area contributed by atoms with Crippen LogP contribution in [-0.2, 0) is 4.79 Å². The molecule has 0 bridgehead atoms. The number of benzene rings is 1. The van der Waals surface area contributed by atoms with Crippen molar-refractivity contribution >= 4 is 17.8 Å². The summed E-state index contributed by atoms with van der Waals surface area (Å²) in [7, 11) is 5.70. The van der Waals surface area contributed by atoms with Crippen molar-refractivity contribution in [3.8, 4) is 0 Å². The van der Waals surface area contributed by atoms with Crippen molar-refractivity contribution in [1.82, 2.24) is 0 Å². The van der Waals surface area contributed by atoms with Crippen LogP contribution in [0.3, 0.4) is 0 Å². The number of amides is 1. The zero-order chi connectivity index (χ0) is 14.7. The Balaban J connectivity index is 0. The molecule has 0 radical (unpaired) electrons. The average Bonchev–Trinajstić information content (AvgIpc) is 2.42. The zero-order valence-corrected chi connectivity index (χ0v) is 13.1. The summed E-state index contributed by atoms with van der Waals surface area (Å²) in [5.41, 5.74) is 3.12. The van der Waals surface area contributed by atoms with Crippen LogP contribution in [0.1, 0.15) is 33.3 Å². The molecule has 1 aromatic carbocycles. The first-order valence-corrected chi connectivity index (χ1v) is 6.53. The second-order valence-corrected chi connectivity index (χ2v) is 3.55. The lowest BCUT2D eigenvalue weighted by Gasteiger charge is -2.23. The molecule has 0 saturated carbocycles. The van der Waals surface area contributed by atoms with Crippen LogP contribution in [0.2, 0.25) is 0 Å². The standard InChI is InChI=1S/C11H16N2O.2C2H6/c1-9-6-5-7-10(12(2)3)11(9)13(4)8-14;2*1-2/h5-8H,1-4H3;2*1-2H3. The van der Waals surface area contributed by atoms with Crippen LogP contribution >= 0.6 is 0 Å². The van der Waals surface area contributed by atoms with E-state index in [1.807, 2.05) is 71.8 Å². The molecule has 0 aliphatic heterocycles. The Morgan fingerprint density at radius 1 is 1.00 bits per heavy atom. The maximum Gasteiger partial charge on any atom is 0.213 e. The third kappa shape index (κ3) is 5.21. The first-order chi connectivity index (χ1) is 8.57. The number of carbonyl (C=O) groups excluding carboxylic acids is 1. The Morgan fingerprint density at radius 2 is 1.50 bits per heavy atom. The first-order valence-electron chi connectivity index (χ1n) is 6.53. The Bertz CT molecular complexity index is 335. The van der Waals surface area contributed by atoms with Gasteiger partial charge in [-0.1, -0.05) is 39.8 Å². The topological polar surface area (TPSA) is 23.6 Å². The largest absolute Gasteiger partial charge is 0.376 e. The summed E-state index contributed by atoms with van der Waals surface area (Å²) < 4.78 is 0. The van der Waals surface area contributed by atoms with Crippen LogP contribution in [0.15, 0.2) is 18.2 Å². The van der Waals surface area contributed by atoms with E-state index in [1.165, 1.54) is 0 Å². The summed E-state index contributed by atoms with van der Waals surface area (Å²) in [5, 5.41) is 0. The molecule has 0 aliphatic carbocycles. The van der Waals surface area contributed by atoms with E-state index in [9.17, 15) is 4.79 Å². The van der Waals surface area contributed by atoms with E-state index in [-0.39, 0.29) is 0 Å². The van der Waals surface area contributed by atoms with E-state index in [4.69, 9.17) is 0 Å². The minimum atomic E-state index is 0.829. The van der Waals surface area contributed by atoms with Crippen molar-refractivity contribution in [3.05, 3.63) is 23.8 Å². The fraction of sp³-hybridized carbons (Fsp3) is 0.533. The number of aryl methyl sites for hydroxylation is 1. The molecule has 1 aromatic rings. The summed E-state index contributed by atoms with van der Waals surface area (Å²) in [6.07, 6.45) is 0.829. The smallest absolute Gasteiger partial charge is 0.213 e. The Morgan fingerprint density at radius 3 is 1.89 bits per heavy atom. The van der Waals surface area contributed by atoms with Gasteiger partial charge in [-0.25, -0.2) is 0 Å². The molecule has 0 aromatic heterocycles. The average molecular weight is 252 g/mol. The summed E-state index contributed by atoms with van der Waals surface area (Å²) >= 11 is 0. The van der Waals surface area contributed by atoms with E-state index in [1.54, 1.807) is 11.9 Å². The normalized spacial score (nSPS) is 8.22. The van der Waals surface area contributed by atoms with Crippen molar-refractivity contribution in [2.75, 3.05) is 30.9 Å². The van der Waals surface area contributed by atoms with E-state index in [0.29, 0.717) is 0 Å². The van der Waals surface area contributed by atoms with Gasteiger partial charge in [0.1, 0.15) is 0 Å². The third-order valence-corrected chi connectivity index (χ3v) is 2.21. The van der Waals surface area contributed by atoms with E-state index in [0.717, 1.165) is 23.3 Å². The molecule has 0 atom stereocenters. The predicted molar refractivity (Wildman–Crippen MR) is 82.7 cm³/mol. The minimum absolute atomic E-state index is 0.829. The van der Waals surface area contributed by atoms with E-state index in [2.05, 4.69) is 0 Å². The molecule has 0 unspecified atom stereocenters. The summed E-state index contributed by atoms with van der Waals surface area (Å²) in [4.78, 5) is 14.3. The van der Waals surface area contributed by atoms with Gasteiger partial charge in [-0.2, -0.15) is 0 Å². The molecule has 3 nitrogen and oxygen atoms in total. The predicted octanol–water partition coefficient (Wildman–Crippen LogP) is 3.71. The van der Waals surface area contributed by atoms with Gasteiger partial charge in [-0.05, 0) is 18.6 Å². The highest BCUT2D eigenvalue weighted by Crippen LogP contribution is 2.29. The highest BCUT2D eigenvalue weighted by Gasteiger charge is 2.10. The number of anilines is 2. The highest BCUT2D eigenvalue weighted by molar-refractivity contribution is 5.85. The zero-order valence-electron chi connectivity index (χ0n) is 13.1. The van der Waals surface area contributed by atoms with Crippen molar-refractivity contribution in [2.24, 2.45) is 0 Å². The monoisotopic (exact) mass is 252 g/mol. The molecule has 0 saturated heterocycles. The quantitative estimate of drug-likeness (QED) is 0.766. The second kappa shape index (κ2) is 10.6. The van der Waals surface area contributed by atoms with Crippen LogP contribution in [0.25, 0.3) is 0 Å². The highest BCUT2D eigenvalue weighted by atomic mass is 16.1. The van der Waals surface area contributed by atoms with Crippen LogP contribution in [-0.4, -0.2) is 27.6 Å². The molecule has 0 aliphatic rings. The molecular formula is C15H28N2O. The van der Waals surface area contributed by atoms with E-state index >= 15 is 0 Å². The minimum Gasteiger partial charge on any atom is -0.376 e. The van der Waals surface area contributed by atoms with Crippen LogP contribution in [0.4, 0.5) is 11.4 Å². The van der Waals surface area contributed by atoms with Gasteiger partial charge in [0.2, 0.25) is 6.41 Å². The van der Waals surface area contributed by atoms with E-state index < -0.39 is 0 Å². The van der Waals surface area contributed by atoms with Gasteiger partial charge < -0.3 is 9.80 Å². The van der Waals surface area contributed by atoms with Gasteiger partial charge in [0, 0.05) is 21.1 Å². The molecular weight excluding hydrogens is 224 g/mol. The van der Waals surface area contributed by atoms with Crippen LogP contribution < -0.4 is 9.80 Å². The fourth-order valence-electron chi connectivity index (χ4n) is 1.52. The lowest BCUT2D eigenvalue weighted by molar-refractivity contribution is -0.107. The Hall–Kier alpha value is -1.51. The molecule has 0 N–H and O–H groups in total. The maximum atomic E-state index is 10.7. The van der Waals surface area contributed by atoms with Gasteiger partial charge >= 0.3 is 0 Å². The van der Waals surface area contributed by atoms with Crippen molar-refractivity contribution in [1.29, 1.82) is 0 Å². The lowest BCUT2D eigenvalue weighted by Crippen LogP contribution is -2.20. The maximum absolute atomic E-state index is 10.7. The van der Waals surface area contributed by atoms with Crippen LogP contribution in [0, 0.1) is 6.92 Å². The summed E-state index contributed by atoms with van der Waals surface area (Å²) in [6.45, 7) is 10.0. The number of para-hydroxylation sites is 1. The first kappa shape index (κ1) is 18.8. The number of nitrogens with zero attached hydrogens (tertiary/aromatic N) is 2. The molecule has 0 spiro atoms. The Labute approximate surface area is 112 Å². The fourth-order valence-corrected chi connectivity index (χ4v) is 1.52. The van der Waals surface area contributed by atoms with Gasteiger partial charge in [-0.3, -0.25) is 4.79 Å². The second-order valence-electron chi connectivity index (χ2n) is 3.55. The van der Waals surface area contributed by atoms with Crippen molar-refractivity contribution in [2.45, 2.75) is 34.6 Å². The van der Waals surface area contributed by atoms with Gasteiger partial charge in [0.15, 0.2) is 0 Å². The Kier molecular flexibility index (Phi) is 11.1.